The first-order valence-electron chi connectivity index (χ1n) is 11.1. The summed E-state index contributed by atoms with van der Waals surface area (Å²) < 4.78 is 6.46. The summed E-state index contributed by atoms with van der Waals surface area (Å²) in [7, 11) is 1.53. The molecule has 1 aliphatic rings. The summed E-state index contributed by atoms with van der Waals surface area (Å²) in [6, 6.07) is 11.5. The lowest BCUT2D eigenvalue weighted by Gasteiger charge is -2.17. The molecule has 0 aliphatic heterocycles. The second-order valence-electron chi connectivity index (χ2n) is 8.04. The maximum atomic E-state index is 13.2. The predicted molar refractivity (Wildman–Crippen MR) is 130 cm³/mol. The van der Waals surface area contributed by atoms with Crippen LogP contribution in [0.4, 0.5) is 11.5 Å². The molecule has 1 aromatic carbocycles. The number of methoxy groups -OCH3 is 1. The zero-order valence-corrected chi connectivity index (χ0v) is 19.4. The summed E-state index contributed by atoms with van der Waals surface area (Å²) >= 11 is 1.49. The number of thiophene rings is 1. The van der Waals surface area contributed by atoms with Gasteiger partial charge in [0.1, 0.15) is 11.5 Å². The monoisotopic (exact) mass is 468 g/mol. The molecule has 1 aliphatic carbocycles. The molecule has 3 N–H and O–H groups in total. The predicted octanol–water partition coefficient (Wildman–Crippen LogP) is 3.38. The summed E-state index contributed by atoms with van der Waals surface area (Å²) in [6.45, 7) is 0.797. The van der Waals surface area contributed by atoms with Gasteiger partial charge in [-0.3, -0.25) is 19.1 Å². The fraction of sp³-hybridized carbons (Fsp3) is 0.375. The van der Waals surface area contributed by atoms with Crippen LogP contribution in [0.3, 0.4) is 0 Å². The second-order valence-corrected chi connectivity index (χ2v) is 9.18. The molecule has 0 fully saturated rings. The third-order valence-electron chi connectivity index (χ3n) is 5.73. The van der Waals surface area contributed by atoms with Gasteiger partial charge in [0.15, 0.2) is 0 Å². The Morgan fingerprint density at radius 1 is 1.15 bits per heavy atom. The van der Waals surface area contributed by atoms with E-state index in [1.165, 1.54) is 39.9 Å². The van der Waals surface area contributed by atoms with Gasteiger partial charge in [-0.05, 0) is 42.9 Å². The van der Waals surface area contributed by atoms with Crippen molar-refractivity contribution < 1.29 is 9.53 Å². The highest BCUT2D eigenvalue weighted by atomic mass is 32.1. The number of H-pyrrole nitrogens is 1. The van der Waals surface area contributed by atoms with E-state index in [0.29, 0.717) is 11.4 Å². The zero-order chi connectivity index (χ0) is 23.2. The molecule has 9 heteroatoms. The number of rotatable bonds is 8. The van der Waals surface area contributed by atoms with Crippen molar-refractivity contribution in [1.29, 1.82) is 0 Å². The van der Waals surface area contributed by atoms with Crippen LogP contribution in [0.1, 0.15) is 44.9 Å². The van der Waals surface area contributed by atoms with Crippen molar-refractivity contribution >= 4 is 28.7 Å². The largest absolute Gasteiger partial charge is 0.383 e. The van der Waals surface area contributed by atoms with E-state index < -0.39 is 11.2 Å². The van der Waals surface area contributed by atoms with Crippen molar-refractivity contribution in [3.05, 3.63) is 78.1 Å². The van der Waals surface area contributed by atoms with E-state index in [4.69, 9.17) is 4.74 Å². The lowest BCUT2D eigenvalue weighted by molar-refractivity contribution is 0.102. The van der Waals surface area contributed by atoms with Crippen LogP contribution < -0.4 is 21.9 Å². The maximum absolute atomic E-state index is 13.2. The minimum Gasteiger partial charge on any atom is -0.383 e. The van der Waals surface area contributed by atoms with Crippen LogP contribution in [0, 0.1) is 0 Å². The highest BCUT2D eigenvalue weighted by molar-refractivity contribution is 7.14. The highest BCUT2D eigenvalue weighted by Crippen LogP contribution is 2.30. The van der Waals surface area contributed by atoms with Crippen LogP contribution in [-0.4, -0.2) is 29.2 Å². The van der Waals surface area contributed by atoms with Gasteiger partial charge in [-0.25, -0.2) is 4.79 Å². The Balaban J connectivity index is 1.67. The van der Waals surface area contributed by atoms with E-state index in [9.17, 15) is 14.4 Å². The number of aromatic amines is 1. The van der Waals surface area contributed by atoms with Gasteiger partial charge in [0.05, 0.1) is 18.0 Å². The topological polar surface area (TPSA) is 105 Å². The number of hydrogen-bond acceptors (Lipinski definition) is 6. The number of aromatic nitrogens is 2. The first-order chi connectivity index (χ1) is 16.1. The SMILES string of the molecule is COCCn1c(NC(=O)c2cc3c(s2)CCCCC3)c(NCc2ccccc2)c(=O)[nH]c1=O. The number of hydrogen-bond donors (Lipinski definition) is 3. The number of carbonyl (C=O) groups excluding carboxylic acids is 1. The first kappa shape index (κ1) is 23.0. The van der Waals surface area contributed by atoms with E-state index in [1.807, 2.05) is 36.4 Å². The van der Waals surface area contributed by atoms with Gasteiger partial charge in [0, 0.05) is 18.5 Å². The molecule has 33 heavy (non-hydrogen) atoms. The standard InChI is InChI=1S/C24H28N4O4S/c1-32-13-12-28-21(26-22(29)19-14-17-10-6-3-7-11-18(17)33-19)20(23(30)27-24(28)31)25-15-16-8-4-2-5-9-16/h2,4-5,8-9,14,25H,3,6-7,10-13,15H2,1H3,(H,26,29)(H,27,30,31). The van der Waals surface area contributed by atoms with Crippen molar-refractivity contribution in [2.75, 3.05) is 24.4 Å². The lowest BCUT2D eigenvalue weighted by atomic mass is 10.1. The van der Waals surface area contributed by atoms with Gasteiger partial charge in [-0.15, -0.1) is 11.3 Å². The number of benzene rings is 1. The van der Waals surface area contributed by atoms with Crippen molar-refractivity contribution in [2.24, 2.45) is 0 Å². The van der Waals surface area contributed by atoms with E-state index in [1.54, 1.807) is 0 Å². The van der Waals surface area contributed by atoms with Gasteiger partial charge in [0.25, 0.3) is 11.5 Å². The molecule has 0 bridgehead atoms. The molecule has 174 valence electrons. The van der Waals surface area contributed by atoms with Gasteiger partial charge < -0.3 is 15.4 Å². The van der Waals surface area contributed by atoms with Crippen LogP contribution in [0.5, 0.6) is 0 Å². The Hall–Kier alpha value is -3.17. The van der Waals surface area contributed by atoms with Gasteiger partial charge in [-0.2, -0.15) is 0 Å². The summed E-state index contributed by atoms with van der Waals surface area (Å²) in [6.07, 6.45) is 5.43. The third-order valence-corrected chi connectivity index (χ3v) is 6.97. The second kappa shape index (κ2) is 10.6. The fourth-order valence-corrected chi connectivity index (χ4v) is 5.14. The summed E-state index contributed by atoms with van der Waals surface area (Å²) in [5.74, 6) is -0.183. The maximum Gasteiger partial charge on any atom is 0.330 e. The molecule has 8 nitrogen and oxygen atoms in total. The molecular weight excluding hydrogens is 440 g/mol. The lowest BCUT2D eigenvalue weighted by Crippen LogP contribution is -2.36. The van der Waals surface area contributed by atoms with Crippen LogP contribution >= 0.6 is 11.3 Å². The zero-order valence-electron chi connectivity index (χ0n) is 18.6. The molecule has 0 radical (unpaired) electrons. The summed E-state index contributed by atoms with van der Waals surface area (Å²) in [5, 5.41) is 5.94. The number of amides is 1. The number of fused-ring (bicyclic) bond motifs is 1. The van der Waals surface area contributed by atoms with Crippen molar-refractivity contribution in [3.8, 4) is 0 Å². The number of nitrogens with zero attached hydrogens (tertiary/aromatic N) is 1. The average molecular weight is 469 g/mol. The minimum atomic E-state index is -0.598. The van der Waals surface area contributed by atoms with E-state index >= 15 is 0 Å². The Morgan fingerprint density at radius 3 is 2.73 bits per heavy atom. The molecule has 2 heterocycles. The van der Waals surface area contributed by atoms with Gasteiger partial charge >= 0.3 is 5.69 Å². The number of nitrogens with one attached hydrogen (secondary N) is 3. The van der Waals surface area contributed by atoms with E-state index in [-0.39, 0.29) is 30.6 Å². The quantitative estimate of drug-likeness (QED) is 0.440. The summed E-state index contributed by atoms with van der Waals surface area (Å²) in [4.78, 5) is 42.7. The average Bonchev–Trinajstić information content (AvgIpc) is 3.09. The molecule has 0 unspecified atom stereocenters. The van der Waals surface area contributed by atoms with Crippen molar-refractivity contribution in [3.63, 3.8) is 0 Å². The minimum absolute atomic E-state index is 0.140. The number of aryl methyl sites for hydroxylation is 2. The number of ether oxygens (including phenoxy) is 1. The Bertz CT molecular complexity index is 1210. The number of anilines is 2. The molecule has 2 aromatic heterocycles. The van der Waals surface area contributed by atoms with Crippen LogP contribution in [0.25, 0.3) is 0 Å². The number of carbonyl (C=O) groups is 1. The van der Waals surface area contributed by atoms with Crippen LogP contribution in [0.15, 0.2) is 46.0 Å². The van der Waals surface area contributed by atoms with E-state index in [0.717, 1.165) is 31.2 Å². The molecule has 3 aromatic rings. The molecular formula is C24H28N4O4S. The molecule has 0 spiro atoms. The van der Waals surface area contributed by atoms with Crippen LogP contribution in [0.2, 0.25) is 0 Å². The summed E-state index contributed by atoms with van der Waals surface area (Å²) in [5.41, 5.74) is 1.15. The molecule has 0 atom stereocenters. The molecule has 1 amide bonds. The normalized spacial score (nSPS) is 13.2. The molecule has 4 rings (SSSR count). The van der Waals surface area contributed by atoms with Crippen LogP contribution in [-0.2, 0) is 30.7 Å². The fourth-order valence-electron chi connectivity index (χ4n) is 4.00. The van der Waals surface area contributed by atoms with E-state index in [2.05, 4.69) is 15.6 Å². The highest BCUT2D eigenvalue weighted by Gasteiger charge is 2.21. The Morgan fingerprint density at radius 2 is 1.94 bits per heavy atom. The van der Waals surface area contributed by atoms with Crippen molar-refractivity contribution in [2.45, 2.75) is 45.2 Å². The first-order valence-corrected chi connectivity index (χ1v) is 11.9. The smallest absolute Gasteiger partial charge is 0.330 e. The Labute approximate surface area is 195 Å². The van der Waals surface area contributed by atoms with Crippen molar-refractivity contribution in [1.82, 2.24) is 9.55 Å². The molecule has 0 saturated carbocycles. The third kappa shape index (κ3) is 5.43. The Kier molecular flexibility index (Phi) is 7.41. The van der Waals surface area contributed by atoms with Gasteiger partial charge in [0.2, 0.25) is 0 Å². The van der Waals surface area contributed by atoms with Gasteiger partial charge in [-0.1, -0.05) is 36.8 Å². The molecule has 0 saturated heterocycles.